The third kappa shape index (κ3) is 3.25. The first-order chi connectivity index (χ1) is 13.3. The van der Waals surface area contributed by atoms with E-state index in [-0.39, 0.29) is 5.41 Å². The molecule has 0 heterocycles. The van der Waals surface area contributed by atoms with E-state index in [1.807, 2.05) is 6.08 Å². The first kappa shape index (κ1) is 20.4. The molecule has 0 spiro atoms. The molecule has 0 N–H and O–H groups in total. The van der Waals surface area contributed by atoms with Crippen LogP contribution in [0.3, 0.4) is 0 Å². The topological polar surface area (TPSA) is 17.1 Å². The first-order valence-electron chi connectivity index (χ1n) is 12.2. The predicted octanol–water partition coefficient (Wildman–Crippen LogP) is 7.52. The van der Waals surface area contributed by atoms with Gasteiger partial charge in [-0.3, -0.25) is 4.79 Å². The molecule has 0 aliphatic heterocycles. The minimum atomic E-state index is 0.264. The molecule has 2 saturated carbocycles. The van der Waals surface area contributed by atoms with Crippen molar-refractivity contribution in [1.82, 2.24) is 0 Å². The SMILES string of the molecule is CC(C)CCC[C@@H](C)[C@H]1CC[C@H]2C3=CCC4=CC(=O)CC[C@]4(C)[C@H]3CC[C@]12C. The number of hydrogen-bond donors (Lipinski definition) is 0. The number of carbonyl (C=O) groups excluding carboxylic acids is 1. The van der Waals surface area contributed by atoms with Gasteiger partial charge in [0.05, 0.1) is 0 Å². The maximum atomic E-state index is 12.0. The van der Waals surface area contributed by atoms with Gasteiger partial charge in [0.25, 0.3) is 0 Å². The molecule has 4 rings (SSSR count). The number of fused-ring (bicyclic) bond motifs is 5. The highest BCUT2D eigenvalue weighted by Gasteiger charge is 2.56. The van der Waals surface area contributed by atoms with Crippen LogP contribution in [0, 0.1) is 40.4 Å². The zero-order valence-corrected chi connectivity index (χ0v) is 19.0. The van der Waals surface area contributed by atoms with Gasteiger partial charge in [-0.2, -0.15) is 0 Å². The number of ketones is 1. The van der Waals surface area contributed by atoms with E-state index < -0.39 is 0 Å². The van der Waals surface area contributed by atoms with E-state index in [1.54, 1.807) is 5.57 Å². The van der Waals surface area contributed by atoms with Gasteiger partial charge in [0, 0.05) is 6.42 Å². The molecule has 0 aromatic rings. The van der Waals surface area contributed by atoms with Gasteiger partial charge in [-0.05, 0) is 85.0 Å². The van der Waals surface area contributed by atoms with E-state index in [1.165, 1.54) is 50.5 Å². The number of hydrogen-bond acceptors (Lipinski definition) is 1. The Morgan fingerprint density at radius 2 is 1.82 bits per heavy atom. The van der Waals surface area contributed by atoms with Crippen LogP contribution in [0.4, 0.5) is 0 Å². The summed E-state index contributed by atoms with van der Waals surface area (Å²) in [5.74, 6) is 4.49. The molecule has 1 heteroatoms. The molecule has 0 unspecified atom stereocenters. The summed E-state index contributed by atoms with van der Waals surface area (Å²) in [5, 5.41) is 0. The molecule has 1 nitrogen and oxygen atoms in total. The Balaban J connectivity index is 1.53. The molecule has 4 aliphatic carbocycles. The lowest BCUT2D eigenvalue weighted by molar-refractivity contribution is -0.116. The van der Waals surface area contributed by atoms with Gasteiger partial charge in [-0.15, -0.1) is 0 Å². The lowest BCUT2D eigenvalue weighted by atomic mass is 9.50. The lowest BCUT2D eigenvalue weighted by Gasteiger charge is -2.55. The van der Waals surface area contributed by atoms with Crippen LogP contribution in [0.25, 0.3) is 0 Å². The van der Waals surface area contributed by atoms with Crippen LogP contribution in [0.2, 0.25) is 0 Å². The second-order valence-electron chi connectivity index (χ2n) is 11.6. The molecule has 0 amide bonds. The Hall–Kier alpha value is -0.850. The predicted molar refractivity (Wildman–Crippen MR) is 118 cm³/mol. The van der Waals surface area contributed by atoms with E-state index in [4.69, 9.17) is 0 Å². The van der Waals surface area contributed by atoms with E-state index in [2.05, 4.69) is 40.7 Å². The van der Waals surface area contributed by atoms with Crippen LogP contribution in [-0.4, -0.2) is 5.78 Å². The standard InChI is InChI=1S/C27H42O/c1-18(2)7-6-8-19(3)23-11-12-24-22-10-9-20-17-21(28)13-15-26(20,4)25(22)14-16-27(23,24)5/h10,17-19,23-25H,6-9,11-16H2,1-5H3/t19-,23-,24+,25+,26+,27-/m1/s1. The lowest BCUT2D eigenvalue weighted by Crippen LogP contribution is -2.46. The molecule has 0 saturated heterocycles. The van der Waals surface area contributed by atoms with Crippen LogP contribution in [0.5, 0.6) is 0 Å². The number of carbonyl (C=O) groups is 1. The molecule has 6 atom stereocenters. The monoisotopic (exact) mass is 382 g/mol. The molecule has 0 bridgehead atoms. The molecular formula is C27H42O. The highest BCUT2D eigenvalue weighted by Crippen LogP contribution is 2.66. The van der Waals surface area contributed by atoms with Gasteiger partial charge >= 0.3 is 0 Å². The van der Waals surface area contributed by atoms with Crippen molar-refractivity contribution in [3.05, 3.63) is 23.3 Å². The Bertz CT molecular complexity index is 682. The van der Waals surface area contributed by atoms with Crippen LogP contribution in [0.1, 0.15) is 98.8 Å². The summed E-state index contributed by atoms with van der Waals surface area (Å²) in [5.41, 5.74) is 4.03. The van der Waals surface area contributed by atoms with E-state index >= 15 is 0 Å². The van der Waals surface area contributed by atoms with Crippen molar-refractivity contribution in [3.63, 3.8) is 0 Å². The highest BCUT2D eigenvalue weighted by atomic mass is 16.1. The molecule has 4 aliphatic rings. The van der Waals surface area contributed by atoms with Crippen LogP contribution >= 0.6 is 0 Å². The van der Waals surface area contributed by atoms with Gasteiger partial charge in [-0.25, -0.2) is 0 Å². The van der Waals surface area contributed by atoms with E-state index in [9.17, 15) is 4.79 Å². The number of rotatable bonds is 5. The van der Waals surface area contributed by atoms with E-state index in [0.29, 0.717) is 17.1 Å². The fraction of sp³-hybridized carbons (Fsp3) is 0.815. The fourth-order valence-electron chi connectivity index (χ4n) is 7.88. The summed E-state index contributed by atoms with van der Waals surface area (Å²) in [4.78, 5) is 12.0. The van der Waals surface area contributed by atoms with Crippen molar-refractivity contribution >= 4 is 5.78 Å². The minimum Gasteiger partial charge on any atom is -0.295 e. The molecular weight excluding hydrogens is 340 g/mol. The minimum absolute atomic E-state index is 0.264. The van der Waals surface area contributed by atoms with Crippen molar-refractivity contribution in [2.24, 2.45) is 40.4 Å². The third-order valence-electron chi connectivity index (χ3n) is 9.60. The zero-order chi connectivity index (χ0) is 20.1. The Labute approximate surface area is 173 Å². The Morgan fingerprint density at radius 3 is 2.57 bits per heavy atom. The summed E-state index contributed by atoms with van der Waals surface area (Å²) in [6.07, 6.45) is 17.3. The summed E-state index contributed by atoms with van der Waals surface area (Å²) in [6.45, 7) is 12.4. The molecule has 156 valence electrons. The number of allylic oxidation sites excluding steroid dienone is 4. The van der Waals surface area contributed by atoms with Crippen molar-refractivity contribution in [3.8, 4) is 0 Å². The largest absolute Gasteiger partial charge is 0.295 e. The van der Waals surface area contributed by atoms with Gasteiger partial charge < -0.3 is 0 Å². The smallest absolute Gasteiger partial charge is 0.155 e. The summed E-state index contributed by atoms with van der Waals surface area (Å²) >= 11 is 0. The van der Waals surface area contributed by atoms with Gasteiger partial charge in [0.1, 0.15) is 0 Å². The highest BCUT2D eigenvalue weighted by molar-refractivity contribution is 5.91. The maximum Gasteiger partial charge on any atom is 0.155 e. The fourth-order valence-corrected chi connectivity index (χ4v) is 7.88. The molecule has 0 radical (unpaired) electrons. The van der Waals surface area contributed by atoms with E-state index in [0.717, 1.165) is 42.9 Å². The van der Waals surface area contributed by atoms with Crippen LogP contribution < -0.4 is 0 Å². The van der Waals surface area contributed by atoms with Crippen molar-refractivity contribution in [2.45, 2.75) is 98.8 Å². The average Bonchev–Trinajstić information content (AvgIpc) is 2.99. The summed E-state index contributed by atoms with van der Waals surface area (Å²) in [6, 6.07) is 0. The van der Waals surface area contributed by atoms with Crippen LogP contribution in [-0.2, 0) is 4.79 Å². The van der Waals surface area contributed by atoms with Gasteiger partial charge in [0.15, 0.2) is 5.78 Å². The maximum absolute atomic E-state index is 12.0. The van der Waals surface area contributed by atoms with Crippen molar-refractivity contribution in [1.29, 1.82) is 0 Å². The van der Waals surface area contributed by atoms with Gasteiger partial charge in [0.2, 0.25) is 0 Å². The molecule has 28 heavy (non-hydrogen) atoms. The normalized spacial score (nSPS) is 41.1. The second-order valence-corrected chi connectivity index (χ2v) is 11.6. The zero-order valence-electron chi connectivity index (χ0n) is 19.0. The van der Waals surface area contributed by atoms with Crippen molar-refractivity contribution in [2.75, 3.05) is 0 Å². The second kappa shape index (κ2) is 7.44. The Morgan fingerprint density at radius 1 is 1.04 bits per heavy atom. The summed E-state index contributed by atoms with van der Waals surface area (Å²) in [7, 11) is 0. The van der Waals surface area contributed by atoms with Crippen molar-refractivity contribution < 1.29 is 4.79 Å². The molecule has 0 aromatic carbocycles. The molecule has 2 fully saturated rings. The average molecular weight is 383 g/mol. The van der Waals surface area contributed by atoms with Gasteiger partial charge in [-0.1, -0.05) is 71.1 Å². The quantitative estimate of drug-likeness (QED) is 0.449. The Kier molecular flexibility index (Phi) is 5.43. The van der Waals surface area contributed by atoms with Crippen LogP contribution in [0.15, 0.2) is 23.3 Å². The third-order valence-corrected chi connectivity index (χ3v) is 9.60. The summed E-state index contributed by atoms with van der Waals surface area (Å²) < 4.78 is 0. The first-order valence-corrected chi connectivity index (χ1v) is 12.2. The molecule has 0 aromatic heterocycles.